The zero-order valence-corrected chi connectivity index (χ0v) is 7.86. The van der Waals surface area contributed by atoms with E-state index in [0.29, 0.717) is 0 Å². The lowest BCUT2D eigenvalue weighted by Crippen LogP contribution is -2.05. The molecule has 0 bridgehead atoms. The smallest absolute Gasteiger partial charge is 0.0456 e. The van der Waals surface area contributed by atoms with E-state index in [0.717, 1.165) is 22.7 Å². The largest absolute Gasteiger partial charge is 0.316 e. The van der Waals surface area contributed by atoms with Gasteiger partial charge in [-0.3, -0.25) is 0 Å². The Morgan fingerprint density at radius 1 is 1.58 bits per heavy atom. The molecule has 12 heavy (non-hydrogen) atoms. The minimum Gasteiger partial charge on any atom is -0.316 e. The molecule has 0 radical (unpaired) electrons. The third-order valence-electron chi connectivity index (χ3n) is 1.68. The van der Waals surface area contributed by atoms with Crippen molar-refractivity contribution >= 4 is 17.7 Å². The Kier molecular flexibility index (Phi) is 3.32. The SMILES string of the molecule is C=Cc1ccc(CNC)c(Cl)c1. The molecule has 0 saturated carbocycles. The van der Waals surface area contributed by atoms with Crippen LogP contribution in [0.4, 0.5) is 0 Å². The van der Waals surface area contributed by atoms with E-state index in [1.54, 1.807) is 6.08 Å². The minimum atomic E-state index is 0.793. The summed E-state index contributed by atoms with van der Waals surface area (Å²) in [5.74, 6) is 0. The summed E-state index contributed by atoms with van der Waals surface area (Å²) in [5.41, 5.74) is 2.17. The van der Waals surface area contributed by atoms with Crippen LogP contribution in [0.15, 0.2) is 24.8 Å². The van der Waals surface area contributed by atoms with Gasteiger partial charge in [0.15, 0.2) is 0 Å². The molecule has 0 heterocycles. The highest BCUT2D eigenvalue weighted by Gasteiger charge is 1.98. The van der Waals surface area contributed by atoms with E-state index in [-0.39, 0.29) is 0 Å². The fraction of sp³-hybridized carbons (Fsp3) is 0.200. The highest BCUT2D eigenvalue weighted by atomic mass is 35.5. The van der Waals surface area contributed by atoms with Gasteiger partial charge in [0.05, 0.1) is 0 Å². The normalized spacial score (nSPS) is 9.83. The van der Waals surface area contributed by atoms with Crippen LogP contribution in [-0.2, 0) is 6.54 Å². The van der Waals surface area contributed by atoms with Gasteiger partial charge in [0.1, 0.15) is 0 Å². The van der Waals surface area contributed by atoms with Crippen LogP contribution in [0.5, 0.6) is 0 Å². The summed E-state index contributed by atoms with van der Waals surface area (Å²) in [7, 11) is 1.90. The maximum atomic E-state index is 6.00. The van der Waals surface area contributed by atoms with Crippen molar-refractivity contribution in [1.82, 2.24) is 5.32 Å². The Balaban J connectivity index is 2.94. The van der Waals surface area contributed by atoms with E-state index in [9.17, 15) is 0 Å². The standard InChI is InChI=1S/C10H12ClN/c1-3-8-4-5-9(7-12-2)10(11)6-8/h3-6,12H,1,7H2,2H3. The third kappa shape index (κ3) is 2.10. The molecular weight excluding hydrogens is 170 g/mol. The molecule has 0 unspecified atom stereocenters. The second-order valence-corrected chi connectivity index (χ2v) is 2.99. The van der Waals surface area contributed by atoms with E-state index >= 15 is 0 Å². The van der Waals surface area contributed by atoms with Gasteiger partial charge in [-0.15, -0.1) is 0 Å². The second-order valence-electron chi connectivity index (χ2n) is 2.59. The average Bonchev–Trinajstić information content (AvgIpc) is 2.09. The fourth-order valence-electron chi connectivity index (χ4n) is 1.02. The first-order chi connectivity index (χ1) is 5.77. The van der Waals surface area contributed by atoms with Gasteiger partial charge in [-0.2, -0.15) is 0 Å². The van der Waals surface area contributed by atoms with Crippen LogP contribution in [0, 0.1) is 0 Å². The Bertz CT molecular complexity index is 281. The first-order valence-electron chi connectivity index (χ1n) is 3.83. The zero-order valence-electron chi connectivity index (χ0n) is 7.10. The third-order valence-corrected chi connectivity index (χ3v) is 2.03. The van der Waals surface area contributed by atoms with Crippen molar-refractivity contribution in [3.8, 4) is 0 Å². The number of halogens is 1. The molecule has 0 aliphatic carbocycles. The van der Waals surface area contributed by atoms with Crippen LogP contribution in [-0.4, -0.2) is 7.05 Å². The van der Waals surface area contributed by atoms with E-state index in [4.69, 9.17) is 11.6 Å². The molecule has 1 rings (SSSR count). The number of hydrogen-bond acceptors (Lipinski definition) is 1. The monoisotopic (exact) mass is 181 g/mol. The van der Waals surface area contributed by atoms with Gasteiger partial charge in [-0.05, 0) is 24.2 Å². The number of rotatable bonds is 3. The van der Waals surface area contributed by atoms with Gasteiger partial charge in [0.2, 0.25) is 0 Å². The number of benzene rings is 1. The van der Waals surface area contributed by atoms with Gasteiger partial charge in [-0.1, -0.05) is 36.4 Å². The van der Waals surface area contributed by atoms with Crippen molar-refractivity contribution in [3.05, 3.63) is 40.9 Å². The number of nitrogens with one attached hydrogen (secondary N) is 1. The van der Waals surface area contributed by atoms with Crippen LogP contribution in [0.1, 0.15) is 11.1 Å². The number of hydrogen-bond donors (Lipinski definition) is 1. The van der Waals surface area contributed by atoms with Crippen LogP contribution in [0.3, 0.4) is 0 Å². The predicted molar refractivity (Wildman–Crippen MR) is 54.3 cm³/mol. The summed E-state index contributed by atoms with van der Waals surface area (Å²) in [6, 6.07) is 5.93. The summed E-state index contributed by atoms with van der Waals surface area (Å²) >= 11 is 6.00. The molecule has 0 atom stereocenters. The van der Waals surface area contributed by atoms with Gasteiger partial charge in [0, 0.05) is 11.6 Å². The van der Waals surface area contributed by atoms with Crippen LogP contribution < -0.4 is 5.32 Å². The second kappa shape index (κ2) is 4.29. The molecule has 1 aromatic rings. The summed E-state index contributed by atoms with van der Waals surface area (Å²) in [4.78, 5) is 0. The summed E-state index contributed by atoms with van der Waals surface area (Å²) in [6.07, 6.45) is 1.79. The molecule has 1 nitrogen and oxygen atoms in total. The molecule has 1 aromatic carbocycles. The quantitative estimate of drug-likeness (QED) is 0.756. The lowest BCUT2D eigenvalue weighted by molar-refractivity contribution is 0.818. The zero-order chi connectivity index (χ0) is 8.97. The molecule has 2 heteroatoms. The van der Waals surface area contributed by atoms with Crippen molar-refractivity contribution in [2.24, 2.45) is 0 Å². The molecule has 0 aliphatic rings. The maximum Gasteiger partial charge on any atom is 0.0456 e. The first-order valence-corrected chi connectivity index (χ1v) is 4.21. The lowest BCUT2D eigenvalue weighted by atomic mass is 10.1. The molecule has 0 amide bonds. The summed E-state index contributed by atoms with van der Waals surface area (Å²) in [5, 5.41) is 3.85. The molecule has 0 aliphatic heterocycles. The first kappa shape index (κ1) is 9.30. The van der Waals surface area contributed by atoms with E-state index in [1.165, 1.54) is 0 Å². The summed E-state index contributed by atoms with van der Waals surface area (Å²) in [6.45, 7) is 4.48. The van der Waals surface area contributed by atoms with E-state index < -0.39 is 0 Å². The molecular formula is C10H12ClN. The summed E-state index contributed by atoms with van der Waals surface area (Å²) < 4.78 is 0. The average molecular weight is 182 g/mol. The van der Waals surface area contributed by atoms with Gasteiger partial charge < -0.3 is 5.32 Å². The molecule has 0 saturated heterocycles. The molecule has 1 N–H and O–H groups in total. The van der Waals surface area contributed by atoms with Gasteiger partial charge in [0.25, 0.3) is 0 Å². The Morgan fingerprint density at radius 2 is 2.33 bits per heavy atom. The topological polar surface area (TPSA) is 12.0 Å². The molecule has 0 aromatic heterocycles. The lowest BCUT2D eigenvalue weighted by Gasteiger charge is -2.03. The van der Waals surface area contributed by atoms with E-state index in [1.807, 2.05) is 25.2 Å². The highest BCUT2D eigenvalue weighted by Crippen LogP contribution is 2.18. The molecule has 0 fully saturated rings. The van der Waals surface area contributed by atoms with E-state index in [2.05, 4.69) is 11.9 Å². The fourth-order valence-corrected chi connectivity index (χ4v) is 1.28. The van der Waals surface area contributed by atoms with Crippen molar-refractivity contribution < 1.29 is 0 Å². The Hall–Kier alpha value is -0.790. The molecule has 0 spiro atoms. The van der Waals surface area contributed by atoms with Crippen molar-refractivity contribution in [3.63, 3.8) is 0 Å². The maximum absolute atomic E-state index is 6.00. The Labute approximate surface area is 78.1 Å². The van der Waals surface area contributed by atoms with Crippen molar-refractivity contribution in [2.75, 3.05) is 7.05 Å². The van der Waals surface area contributed by atoms with Gasteiger partial charge in [-0.25, -0.2) is 0 Å². The van der Waals surface area contributed by atoms with Crippen LogP contribution >= 0.6 is 11.6 Å². The van der Waals surface area contributed by atoms with Crippen LogP contribution in [0.25, 0.3) is 6.08 Å². The van der Waals surface area contributed by atoms with Gasteiger partial charge >= 0.3 is 0 Å². The molecule has 64 valence electrons. The van der Waals surface area contributed by atoms with Crippen LogP contribution in [0.2, 0.25) is 5.02 Å². The predicted octanol–water partition coefficient (Wildman–Crippen LogP) is 2.70. The minimum absolute atomic E-state index is 0.793. The van der Waals surface area contributed by atoms with Crippen molar-refractivity contribution in [2.45, 2.75) is 6.54 Å². The Morgan fingerprint density at radius 3 is 2.83 bits per heavy atom. The van der Waals surface area contributed by atoms with Crippen molar-refractivity contribution in [1.29, 1.82) is 0 Å². The highest BCUT2D eigenvalue weighted by molar-refractivity contribution is 6.31.